The molecule has 7 heteroatoms. The summed E-state index contributed by atoms with van der Waals surface area (Å²) in [5.74, 6) is -0.373. The van der Waals surface area contributed by atoms with Gasteiger partial charge in [-0.2, -0.15) is 5.10 Å². The first-order valence-corrected chi connectivity index (χ1v) is 6.58. The minimum absolute atomic E-state index is 0.0109. The van der Waals surface area contributed by atoms with Gasteiger partial charge >= 0.3 is 0 Å². The molecule has 0 radical (unpaired) electrons. The Morgan fingerprint density at radius 2 is 2.19 bits per heavy atom. The van der Waals surface area contributed by atoms with E-state index >= 15 is 0 Å². The fraction of sp³-hybridized carbons (Fsp3) is 0.429. The molecule has 1 heterocycles. The highest BCUT2D eigenvalue weighted by Gasteiger charge is 2.19. The monoisotopic (exact) mass is 297 g/mol. The molecule has 0 bridgehead atoms. The lowest BCUT2D eigenvalue weighted by molar-refractivity contribution is -0.133. The number of fused-ring (bicyclic) bond motifs is 1. The van der Waals surface area contributed by atoms with Crippen molar-refractivity contribution in [2.24, 2.45) is 0 Å². The number of amides is 1. The summed E-state index contributed by atoms with van der Waals surface area (Å²) in [6.07, 6.45) is -2.55. The van der Waals surface area contributed by atoms with Crippen molar-refractivity contribution < 1.29 is 18.3 Å². The van der Waals surface area contributed by atoms with Gasteiger partial charge in [-0.1, -0.05) is 18.2 Å². The van der Waals surface area contributed by atoms with E-state index in [1.54, 1.807) is 0 Å². The van der Waals surface area contributed by atoms with E-state index in [0.717, 1.165) is 15.8 Å². The summed E-state index contributed by atoms with van der Waals surface area (Å²) >= 11 is 0. The molecule has 114 valence electrons. The van der Waals surface area contributed by atoms with Crippen LogP contribution in [0.2, 0.25) is 0 Å². The number of H-pyrrole nitrogens is 1. The number of carbonyl (C=O) groups excluding carboxylic acids is 1. The predicted molar refractivity (Wildman–Crippen MR) is 74.3 cm³/mol. The fourth-order valence-electron chi connectivity index (χ4n) is 2.10. The minimum Gasteiger partial charge on any atom is -0.383 e. The number of hydrogen-bond acceptors (Lipinski definition) is 3. The highest BCUT2D eigenvalue weighted by atomic mass is 19.3. The van der Waals surface area contributed by atoms with Crippen LogP contribution in [0.4, 0.5) is 8.78 Å². The van der Waals surface area contributed by atoms with Crippen LogP contribution in [0.15, 0.2) is 24.3 Å². The number of aromatic nitrogens is 2. The highest BCUT2D eigenvalue weighted by Crippen LogP contribution is 2.16. The number of nitrogens with one attached hydrogen (secondary N) is 1. The molecule has 0 saturated carbocycles. The minimum atomic E-state index is -2.57. The Balaban J connectivity index is 2.10. The maximum absolute atomic E-state index is 12.5. The van der Waals surface area contributed by atoms with Gasteiger partial charge in [-0.3, -0.25) is 9.89 Å². The van der Waals surface area contributed by atoms with Crippen LogP contribution < -0.4 is 0 Å². The first-order chi connectivity index (χ1) is 10.1. The Morgan fingerprint density at radius 1 is 1.43 bits per heavy atom. The molecule has 0 saturated heterocycles. The lowest BCUT2D eigenvalue weighted by Crippen LogP contribution is -2.38. The van der Waals surface area contributed by atoms with Gasteiger partial charge in [0.25, 0.3) is 6.43 Å². The second kappa shape index (κ2) is 7.12. The van der Waals surface area contributed by atoms with Crippen LogP contribution in [0.3, 0.4) is 0 Å². The van der Waals surface area contributed by atoms with Gasteiger partial charge in [0.15, 0.2) is 0 Å². The van der Waals surface area contributed by atoms with Gasteiger partial charge in [0.05, 0.1) is 30.8 Å². The van der Waals surface area contributed by atoms with Crippen molar-refractivity contribution >= 4 is 16.8 Å². The molecule has 0 atom stereocenters. The number of carbonyl (C=O) groups is 1. The molecular formula is C14H17F2N3O2. The van der Waals surface area contributed by atoms with Crippen LogP contribution in [-0.4, -0.2) is 54.2 Å². The Morgan fingerprint density at radius 3 is 2.90 bits per heavy atom. The molecule has 0 aliphatic rings. The van der Waals surface area contributed by atoms with Crippen LogP contribution >= 0.6 is 0 Å². The number of nitrogens with zero attached hydrogens (tertiary/aromatic N) is 2. The van der Waals surface area contributed by atoms with Gasteiger partial charge in [0.1, 0.15) is 0 Å². The molecule has 1 amide bonds. The first-order valence-electron chi connectivity index (χ1n) is 6.58. The maximum atomic E-state index is 12.5. The van der Waals surface area contributed by atoms with Crippen molar-refractivity contribution in [2.75, 3.05) is 26.8 Å². The molecule has 1 N–H and O–H groups in total. The van der Waals surface area contributed by atoms with Gasteiger partial charge in [0.2, 0.25) is 5.91 Å². The number of hydrogen-bond donors (Lipinski definition) is 1. The summed E-state index contributed by atoms with van der Waals surface area (Å²) in [6, 6.07) is 7.35. The summed E-state index contributed by atoms with van der Waals surface area (Å²) < 4.78 is 29.9. The number of methoxy groups -OCH3 is 1. The van der Waals surface area contributed by atoms with E-state index in [1.807, 2.05) is 24.3 Å². The van der Waals surface area contributed by atoms with E-state index < -0.39 is 13.0 Å². The topological polar surface area (TPSA) is 58.2 Å². The van der Waals surface area contributed by atoms with E-state index in [2.05, 4.69) is 10.2 Å². The molecule has 21 heavy (non-hydrogen) atoms. The Kier molecular flexibility index (Phi) is 5.21. The highest BCUT2D eigenvalue weighted by molar-refractivity contribution is 5.87. The summed E-state index contributed by atoms with van der Waals surface area (Å²) in [5.41, 5.74) is 1.38. The molecule has 0 unspecified atom stereocenters. The fourth-order valence-corrected chi connectivity index (χ4v) is 2.10. The third-order valence-electron chi connectivity index (χ3n) is 3.14. The number of halogens is 2. The van der Waals surface area contributed by atoms with Crippen LogP contribution in [0.25, 0.3) is 10.9 Å². The van der Waals surface area contributed by atoms with Crippen molar-refractivity contribution in [1.29, 1.82) is 0 Å². The third-order valence-corrected chi connectivity index (χ3v) is 3.14. The third kappa shape index (κ3) is 3.98. The standard InChI is InChI=1S/C14H17F2N3O2/c1-21-7-6-19(9-13(15)16)14(20)8-12-10-4-2-3-5-11(10)17-18-12/h2-5,13H,6-9H2,1H3,(H,17,18). The number of alkyl halides is 2. The lowest BCUT2D eigenvalue weighted by Gasteiger charge is -2.21. The largest absolute Gasteiger partial charge is 0.383 e. The Labute approximate surface area is 120 Å². The second-order valence-electron chi connectivity index (χ2n) is 4.62. The first kappa shape index (κ1) is 15.4. The van der Waals surface area contributed by atoms with Crippen molar-refractivity contribution in [2.45, 2.75) is 12.8 Å². The van der Waals surface area contributed by atoms with Crippen LogP contribution in [0.5, 0.6) is 0 Å². The molecule has 5 nitrogen and oxygen atoms in total. The predicted octanol–water partition coefficient (Wildman–Crippen LogP) is 1.85. The van der Waals surface area contributed by atoms with Crippen LogP contribution in [-0.2, 0) is 16.0 Å². The zero-order valence-corrected chi connectivity index (χ0v) is 11.7. The summed E-state index contributed by atoms with van der Waals surface area (Å²) in [6.45, 7) is -0.220. The molecule has 1 aromatic heterocycles. The van der Waals surface area contributed by atoms with Crippen LogP contribution in [0.1, 0.15) is 5.69 Å². The lowest BCUT2D eigenvalue weighted by atomic mass is 10.1. The molecule has 0 fully saturated rings. The maximum Gasteiger partial charge on any atom is 0.255 e. The van der Waals surface area contributed by atoms with Gasteiger partial charge in [-0.15, -0.1) is 0 Å². The van der Waals surface area contributed by atoms with Crippen molar-refractivity contribution in [3.63, 3.8) is 0 Å². The number of para-hydroxylation sites is 1. The number of rotatable bonds is 7. The zero-order valence-electron chi connectivity index (χ0n) is 11.7. The molecule has 0 spiro atoms. The van der Waals surface area contributed by atoms with Crippen molar-refractivity contribution in [3.05, 3.63) is 30.0 Å². The van der Waals surface area contributed by atoms with Gasteiger partial charge in [0, 0.05) is 19.0 Å². The average Bonchev–Trinajstić information content (AvgIpc) is 2.86. The zero-order chi connectivity index (χ0) is 15.2. The smallest absolute Gasteiger partial charge is 0.255 e. The Hall–Kier alpha value is -2.02. The van der Waals surface area contributed by atoms with Crippen molar-refractivity contribution in [1.82, 2.24) is 15.1 Å². The quantitative estimate of drug-likeness (QED) is 0.848. The SMILES string of the molecule is COCCN(CC(F)F)C(=O)Cc1[nH]nc2ccccc12. The van der Waals surface area contributed by atoms with E-state index in [0.29, 0.717) is 5.69 Å². The second-order valence-corrected chi connectivity index (χ2v) is 4.62. The number of ether oxygens (including phenoxy) is 1. The van der Waals surface area contributed by atoms with E-state index in [-0.39, 0.29) is 25.5 Å². The molecule has 2 aromatic rings. The molecule has 0 aliphatic carbocycles. The van der Waals surface area contributed by atoms with Crippen LogP contribution in [0, 0.1) is 0 Å². The molecular weight excluding hydrogens is 280 g/mol. The van der Waals surface area contributed by atoms with E-state index in [4.69, 9.17) is 4.74 Å². The van der Waals surface area contributed by atoms with Gasteiger partial charge in [-0.25, -0.2) is 8.78 Å². The van der Waals surface area contributed by atoms with E-state index in [1.165, 1.54) is 7.11 Å². The van der Waals surface area contributed by atoms with E-state index in [9.17, 15) is 13.6 Å². The Bertz CT molecular complexity index is 601. The van der Waals surface area contributed by atoms with Crippen molar-refractivity contribution in [3.8, 4) is 0 Å². The number of aromatic amines is 1. The molecule has 0 aliphatic heterocycles. The molecule has 2 rings (SSSR count). The molecule has 1 aromatic carbocycles. The summed E-state index contributed by atoms with van der Waals surface area (Å²) in [4.78, 5) is 13.3. The van der Waals surface area contributed by atoms with Gasteiger partial charge in [-0.05, 0) is 6.07 Å². The normalized spacial score (nSPS) is 11.2. The summed E-state index contributed by atoms with van der Waals surface area (Å²) in [5, 5.41) is 7.71. The van der Waals surface area contributed by atoms with Gasteiger partial charge < -0.3 is 9.64 Å². The summed E-state index contributed by atoms with van der Waals surface area (Å²) in [7, 11) is 1.47. The number of benzene rings is 1. The average molecular weight is 297 g/mol.